The molecule has 1 atom stereocenters. The van der Waals surface area contributed by atoms with Gasteiger partial charge in [-0.05, 0) is 49.9 Å². The monoisotopic (exact) mass is 384 g/mol. The van der Waals surface area contributed by atoms with Crippen molar-refractivity contribution >= 4 is 11.5 Å². The number of carbonyl (C=O) groups is 1. The van der Waals surface area contributed by atoms with Gasteiger partial charge in [0.05, 0.1) is 19.4 Å². The smallest absolute Gasteiger partial charge is 0.327 e. The molecule has 0 saturated heterocycles. The number of hydrogen-bond donors (Lipinski definition) is 1. The highest BCUT2D eigenvalue weighted by atomic mass is 16.5. The predicted molar refractivity (Wildman–Crippen MR) is 107 cm³/mol. The van der Waals surface area contributed by atoms with Crippen LogP contribution in [0.15, 0.2) is 28.7 Å². The van der Waals surface area contributed by atoms with Crippen molar-refractivity contribution in [2.24, 2.45) is 0 Å². The highest BCUT2D eigenvalue weighted by Crippen LogP contribution is 2.28. The Kier molecular flexibility index (Phi) is 6.52. The van der Waals surface area contributed by atoms with Crippen LogP contribution >= 0.6 is 0 Å². The molecule has 2 heterocycles. The molecule has 0 radical (unpaired) electrons. The molecule has 1 aliphatic rings. The molecule has 2 aromatic rings. The molecule has 0 bridgehead atoms. The number of aromatic nitrogens is 1. The molecule has 6 heteroatoms. The van der Waals surface area contributed by atoms with Crippen molar-refractivity contribution in [3.8, 4) is 5.75 Å². The zero-order valence-electron chi connectivity index (χ0n) is 17.0. The van der Waals surface area contributed by atoms with Gasteiger partial charge in [0.15, 0.2) is 0 Å². The topological polar surface area (TPSA) is 73.6 Å². The van der Waals surface area contributed by atoms with Crippen molar-refractivity contribution in [2.75, 3.05) is 20.3 Å². The van der Waals surface area contributed by atoms with E-state index in [-0.39, 0.29) is 5.97 Å². The standard InChI is InChI=1S/C22H28N2O4/c1-5-6-14(2)21-24-19(15(3)28-21)10-12-27-17-8-7-16-9-11-23-20(18(16)13-17)22(25)26-4/h6-8,13,20,23H,5,9-12H2,1-4H3/b14-6+. The first-order chi connectivity index (χ1) is 13.5. The van der Waals surface area contributed by atoms with Gasteiger partial charge in [-0.15, -0.1) is 0 Å². The fraction of sp³-hybridized carbons (Fsp3) is 0.455. The summed E-state index contributed by atoms with van der Waals surface area (Å²) >= 11 is 0. The lowest BCUT2D eigenvalue weighted by Gasteiger charge is -2.25. The van der Waals surface area contributed by atoms with Crippen molar-refractivity contribution in [3.05, 3.63) is 52.7 Å². The van der Waals surface area contributed by atoms with Gasteiger partial charge >= 0.3 is 5.97 Å². The van der Waals surface area contributed by atoms with Crippen LogP contribution in [0.4, 0.5) is 0 Å². The number of allylic oxidation sites excluding steroid dienone is 2. The van der Waals surface area contributed by atoms with Crippen LogP contribution < -0.4 is 10.1 Å². The number of esters is 1. The first kappa shape index (κ1) is 20.1. The number of fused-ring (bicyclic) bond motifs is 1. The maximum atomic E-state index is 12.0. The third-order valence-corrected chi connectivity index (χ3v) is 4.96. The lowest BCUT2D eigenvalue weighted by Crippen LogP contribution is -2.35. The van der Waals surface area contributed by atoms with Crippen LogP contribution in [0.5, 0.6) is 5.75 Å². The summed E-state index contributed by atoms with van der Waals surface area (Å²) in [5.41, 5.74) is 4.03. The lowest BCUT2D eigenvalue weighted by atomic mass is 9.94. The Labute approximate surface area is 165 Å². The molecule has 3 rings (SSSR count). The number of ether oxygens (including phenoxy) is 2. The number of rotatable bonds is 7. The van der Waals surface area contributed by atoms with Crippen molar-refractivity contribution in [3.63, 3.8) is 0 Å². The third-order valence-electron chi connectivity index (χ3n) is 4.96. The number of hydrogen-bond acceptors (Lipinski definition) is 6. The average molecular weight is 384 g/mol. The molecule has 0 aliphatic carbocycles. The normalized spacial score (nSPS) is 16.6. The number of aryl methyl sites for hydroxylation is 1. The number of nitrogens with one attached hydrogen (secondary N) is 1. The Morgan fingerprint density at radius 2 is 2.25 bits per heavy atom. The summed E-state index contributed by atoms with van der Waals surface area (Å²) in [6.07, 6.45) is 4.59. The zero-order valence-corrected chi connectivity index (χ0v) is 17.0. The minimum atomic E-state index is -0.439. The van der Waals surface area contributed by atoms with Crippen LogP contribution in [0, 0.1) is 6.92 Å². The maximum Gasteiger partial charge on any atom is 0.327 e. The molecule has 1 aromatic carbocycles. The molecule has 0 amide bonds. The molecule has 1 unspecified atom stereocenters. The summed E-state index contributed by atoms with van der Waals surface area (Å²) in [6, 6.07) is 5.47. The van der Waals surface area contributed by atoms with E-state index >= 15 is 0 Å². The minimum absolute atomic E-state index is 0.278. The van der Waals surface area contributed by atoms with Crippen molar-refractivity contribution < 1.29 is 18.7 Å². The maximum absolute atomic E-state index is 12.0. The van der Waals surface area contributed by atoms with Gasteiger partial charge in [0.25, 0.3) is 0 Å². The van der Waals surface area contributed by atoms with E-state index in [2.05, 4.69) is 23.3 Å². The van der Waals surface area contributed by atoms with Crippen LogP contribution in [0.1, 0.15) is 54.8 Å². The number of carbonyl (C=O) groups excluding carboxylic acids is 1. The highest BCUT2D eigenvalue weighted by molar-refractivity contribution is 5.78. The number of nitrogens with zero attached hydrogens (tertiary/aromatic N) is 1. The second-order valence-corrected chi connectivity index (χ2v) is 6.94. The van der Waals surface area contributed by atoms with Crippen LogP contribution in [-0.4, -0.2) is 31.2 Å². The largest absolute Gasteiger partial charge is 0.493 e. The number of oxazole rings is 1. The molecule has 0 fully saturated rings. The van der Waals surface area contributed by atoms with Gasteiger partial charge in [-0.3, -0.25) is 0 Å². The van der Waals surface area contributed by atoms with Gasteiger partial charge < -0.3 is 19.2 Å². The van der Waals surface area contributed by atoms with Gasteiger partial charge in [0.1, 0.15) is 17.6 Å². The molecular weight excluding hydrogens is 356 g/mol. The first-order valence-electron chi connectivity index (χ1n) is 9.73. The first-order valence-corrected chi connectivity index (χ1v) is 9.73. The Morgan fingerprint density at radius 3 is 3.00 bits per heavy atom. The van der Waals surface area contributed by atoms with Crippen molar-refractivity contribution in [1.29, 1.82) is 0 Å². The lowest BCUT2D eigenvalue weighted by molar-refractivity contribution is -0.143. The Balaban J connectivity index is 1.66. The van der Waals surface area contributed by atoms with Gasteiger partial charge in [0.2, 0.25) is 5.89 Å². The van der Waals surface area contributed by atoms with Gasteiger partial charge in [-0.1, -0.05) is 19.1 Å². The molecule has 150 valence electrons. The third kappa shape index (κ3) is 4.44. The SMILES string of the molecule is CC/C=C(\C)c1nc(CCOc2ccc3c(c2)C(C(=O)OC)NCC3)c(C)o1. The van der Waals surface area contributed by atoms with E-state index in [0.29, 0.717) is 18.9 Å². The molecule has 1 N–H and O–H groups in total. The molecule has 28 heavy (non-hydrogen) atoms. The second kappa shape index (κ2) is 9.06. The summed E-state index contributed by atoms with van der Waals surface area (Å²) < 4.78 is 16.6. The molecule has 1 aromatic heterocycles. The van der Waals surface area contributed by atoms with Crippen LogP contribution in [0.25, 0.3) is 5.57 Å². The molecular formula is C22H28N2O4. The van der Waals surface area contributed by atoms with E-state index < -0.39 is 6.04 Å². The van der Waals surface area contributed by atoms with Crippen molar-refractivity contribution in [2.45, 2.75) is 46.1 Å². The van der Waals surface area contributed by atoms with Crippen LogP contribution in [0.2, 0.25) is 0 Å². The molecule has 0 saturated carbocycles. The fourth-order valence-corrected chi connectivity index (χ4v) is 3.44. The van der Waals surface area contributed by atoms with E-state index in [1.165, 1.54) is 7.11 Å². The Morgan fingerprint density at radius 1 is 1.43 bits per heavy atom. The minimum Gasteiger partial charge on any atom is -0.493 e. The summed E-state index contributed by atoms with van der Waals surface area (Å²) in [5, 5.41) is 3.21. The number of methoxy groups -OCH3 is 1. The number of benzene rings is 1. The quantitative estimate of drug-likeness (QED) is 0.733. The zero-order chi connectivity index (χ0) is 20.1. The van der Waals surface area contributed by atoms with Gasteiger partial charge in [-0.2, -0.15) is 0 Å². The highest BCUT2D eigenvalue weighted by Gasteiger charge is 2.27. The summed E-state index contributed by atoms with van der Waals surface area (Å²) in [5.74, 6) is 1.96. The average Bonchev–Trinajstić information content (AvgIpc) is 3.08. The summed E-state index contributed by atoms with van der Waals surface area (Å²) in [6.45, 7) is 7.27. The van der Waals surface area contributed by atoms with E-state index in [9.17, 15) is 4.79 Å². The van der Waals surface area contributed by atoms with E-state index in [4.69, 9.17) is 13.9 Å². The molecule has 6 nitrogen and oxygen atoms in total. The van der Waals surface area contributed by atoms with E-state index in [1.54, 1.807) is 0 Å². The summed E-state index contributed by atoms with van der Waals surface area (Å²) in [7, 11) is 1.41. The van der Waals surface area contributed by atoms with E-state index in [0.717, 1.165) is 53.3 Å². The Bertz CT molecular complexity index is 869. The van der Waals surface area contributed by atoms with Crippen molar-refractivity contribution in [1.82, 2.24) is 10.3 Å². The van der Waals surface area contributed by atoms with Crippen LogP contribution in [-0.2, 0) is 22.4 Å². The van der Waals surface area contributed by atoms with E-state index in [1.807, 2.05) is 32.0 Å². The predicted octanol–water partition coefficient (Wildman–Crippen LogP) is 3.78. The second-order valence-electron chi connectivity index (χ2n) is 6.94. The Hall–Kier alpha value is -2.60. The summed E-state index contributed by atoms with van der Waals surface area (Å²) in [4.78, 5) is 16.6. The molecule has 1 aliphatic heterocycles. The van der Waals surface area contributed by atoms with Crippen LogP contribution in [0.3, 0.4) is 0 Å². The van der Waals surface area contributed by atoms with Gasteiger partial charge in [-0.25, -0.2) is 9.78 Å². The fourth-order valence-electron chi connectivity index (χ4n) is 3.44. The van der Waals surface area contributed by atoms with Gasteiger partial charge in [0, 0.05) is 18.5 Å². The molecule has 0 spiro atoms.